The number of hydrogen-bond donors (Lipinski definition) is 0. The van der Waals surface area contributed by atoms with Crippen LogP contribution < -0.4 is 4.74 Å². The average molecular weight is 276 g/mol. The highest BCUT2D eigenvalue weighted by Crippen LogP contribution is 2.36. The maximum atomic E-state index is 12.3. The van der Waals surface area contributed by atoms with Gasteiger partial charge in [0, 0.05) is 15.5 Å². The van der Waals surface area contributed by atoms with Crippen LogP contribution in [0.2, 0.25) is 0 Å². The molecule has 0 spiro atoms. The van der Waals surface area contributed by atoms with E-state index in [-0.39, 0.29) is 11.9 Å². The summed E-state index contributed by atoms with van der Waals surface area (Å²) in [5, 5.41) is 0. The minimum absolute atomic E-state index is 0.0927. The van der Waals surface area contributed by atoms with E-state index >= 15 is 0 Å². The Morgan fingerprint density at radius 1 is 1.28 bits per heavy atom. The summed E-state index contributed by atoms with van der Waals surface area (Å²) in [5.41, 5.74) is 0. The van der Waals surface area contributed by atoms with Gasteiger partial charge in [0.15, 0.2) is 6.10 Å². The minimum Gasteiger partial charge on any atom is -0.480 e. The number of thioether (sulfide) groups is 1. The number of aryl methyl sites for hydroxylation is 1. The number of carbonyl (C=O) groups excluding carboxylic acids is 1. The fraction of sp³-hybridized carbons (Fsp3) is 0.214. The van der Waals surface area contributed by atoms with Crippen molar-refractivity contribution in [2.24, 2.45) is 0 Å². The Labute approximate surface area is 114 Å². The van der Waals surface area contributed by atoms with Gasteiger partial charge in [0.2, 0.25) is 5.78 Å². The van der Waals surface area contributed by atoms with Gasteiger partial charge in [-0.2, -0.15) is 0 Å². The average Bonchev–Trinajstić information content (AvgIpc) is 2.84. The molecule has 0 bridgehead atoms. The highest BCUT2D eigenvalue weighted by atomic mass is 32.2. The van der Waals surface area contributed by atoms with Crippen molar-refractivity contribution in [2.75, 3.05) is 5.75 Å². The maximum absolute atomic E-state index is 12.3. The van der Waals surface area contributed by atoms with Gasteiger partial charge < -0.3 is 4.74 Å². The van der Waals surface area contributed by atoms with E-state index in [1.165, 1.54) is 11.3 Å². The highest BCUT2D eigenvalue weighted by Gasteiger charge is 2.28. The predicted octanol–water partition coefficient (Wildman–Crippen LogP) is 3.79. The summed E-state index contributed by atoms with van der Waals surface area (Å²) < 4.78 is 5.79. The van der Waals surface area contributed by atoms with Gasteiger partial charge in [-0.1, -0.05) is 12.1 Å². The lowest BCUT2D eigenvalue weighted by atomic mass is 10.2. The number of fused-ring (bicyclic) bond motifs is 1. The van der Waals surface area contributed by atoms with Crippen molar-refractivity contribution >= 4 is 28.9 Å². The van der Waals surface area contributed by atoms with Gasteiger partial charge in [-0.05, 0) is 31.2 Å². The molecule has 3 rings (SSSR count). The lowest BCUT2D eigenvalue weighted by molar-refractivity contribution is 0.0819. The SMILES string of the molecule is Cc1ccc(C(=O)C2CSc3ccccc3O2)s1. The zero-order valence-corrected chi connectivity index (χ0v) is 11.5. The third-order valence-electron chi connectivity index (χ3n) is 2.78. The summed E-state index contributed by atoms with van der Waals surface area (Å²) in [4.78, 5) is 15.4. The van der Waals surface area contributed by atoms with E-state index in [1.807, 2.05) is 43.3 Å². The minimum atomic E-state index is -0.358. The second kappa shape index (κ2) is 4.78. The second-order valence-electron chi connectivity index (χ2n) is 4.14. The van der Waals surface area contributed by atoms with Crippen LogP contribution in [0.3, 0.4) is 0 Å². The second-order valence-corrected chi connectivity index (χ2v) is 6.49. The van der Waals surface area contributed by atoms with Crippen molar-refractivity contribution in [2.45, 2.75) is 17.9 Å². The van der Waals surface area contributed by atoms with Crippen LogP contribution in [0.5, 0.6) is 5.75 Å². The molecule has 4 heteroatoms. The van der Waals surface area contributed by atoms with Crippen molar-refractivity contribution in [3.8, 4) is 5.75 Å². The van der Waals surface area contributed by atoms with Crippen LogP contribution in [0.1, 0.15) is 14.5 Å². The predicted molar refractivity (Wildman–Crippen MR) is 75.0 cm³/mol. The summed E-state index contributed by atoms with van der Waals surface area (Å²) in [6.07, 6.45) is -0.358. The van der Waals surface area contributed by atoms with Crippen LogP contribution in [0.25, 0.3) is 0 Å². The van der Waals surface area contributed by atoms with Gasteiger partial charge in [-0.25, -0.2) is 0 Å². The molecule has 0 saturated heterocycles. The Bertz CT molecular complexity index is 589. The Hall–Kier alpha value is -1.26. The first kappa shape index (κ1) is 11.8. The number of para-hydroxylation sites is 1. The molecular weight excluding hydrogens is 264 g/mol. The number of Topliss-reactive ketones (excluding diaryl/α,β-unsaturated/α-hetero) is 1. The van der Waals surface area contributed by atoms with E-state index in [2.05, 4.69) is 0 Å². The van der Waals surface area contributed by atoms with Crippen LogP contribution in [-0.4, -0.2) is 17.6 Å². The van der Waals surface area contributed by atoms with E-state index in [4.69, 9.17) is 4.74 Å². The van der Waals surface area contributed by atoms with Crippen molar-refractivity contribution < 1.29 is 9.53 Å². The molecule has 1 aromatic heterocycles. The molecule has 1 aromatic carbocycles. The highest BCUT2D eigenvalue weighted by molar-refractivity contribution is 7.99. The normalized spacial score (nSPS) is 17.9. The molecule has 1 unspecified atom stereocenters. The number of ketones is 1. The molecule has 0 saturated carbocycles. The van der Waals surface area contributed by atoms with Crippen molar-refractivity contribution in [1.82, 2.24) is 0 Å². The molecule has 1 aliphatic heterocycles. The fourth-order valence-electron chi connectivity index (χ4n) is 1.87. The number of hydrogen-bond acceptors (Lipinski definition) is 4. The first-order valence-electron chi connectivity index (χ1n) is 5.73. The summed E-state index contributed by atoms with van der Waals surface area (Å²) in [7, 11) is 0. The lowest BCUT2D eigenvalue weighted by Gasteiger charge is -2.24. The molecule has 2 aromatic rings. The van der Waals surface area contributed by atoms with Crippen LogP contribution >= 0.6 is 23.1 Å². The van der Waals surface area contributed by atoms with Gasteiger partial charge in [-0.15, -0.1) is 23.1 Å². The summed E-state index contributed by atoms with van der Waals surface area (Å²) in [6, 6.07) is 11.7. The Kier molecular flexibility index (Phi) is 3.14. The van der Waals surface area contributed by atoms with Crippen LogP contribution in [0.15, 0.2) is 41.3 Å². The first-order chi connectivity index (χ1) is 8.74. The van der Waals surface area contributed by atoms with Crippen LogP contribution in [0, 0.1) is 6.92 Å². The molecule has 1 atom stereocenters. The van der Waals surface area contributed by atoms with Crippen LogP contribution in [0.4, 0.5) is 0 Å². The monoisotopic (exact) mass is 276 g/mol. The van der Waals surface area contributed by atoms with E-state index in [0.29, 0.717) is 5.75 Å². The third-order valence-corrected chi connectivity index (χ3v) is 4.92. The van der Waals surface area contributed by atoms with E-state index in [0.717, 1.165) is 20.4 Å². The molecule has 0 aliphatic carbocycles. The molecule has 2 heterocycles. The number of benzene rings is 1. The lowest BCUT2D eigenvalue weighted by Crippen LogP contribution is -2.31. The molecule has 18 heavy (non-hydrogen) atoms. The Morgan fingerprint density at radius 3 is 2.89 bits per heavy atom. The quantitative estimate of drug-likeness (QED) is 0.781. The number of rotatable bonds is 2. The molecular formula is C14H12O2S2. The molecule has 2 nitrogen and oxygen atoms in total. The third kappa shape index (κ3) is 2.18. The van der Waals surface area contributed by atoms with Crippen LogP contribution in [-0.2, 0) is 0 Å². The standard InChI is InChI=1S/C14H12O2S2/c1-9-6-7-13(18-9)14(15)11-8-17-12-5-3-2-4-10(12)16-11/h2-7,11H,8H2,1H3. The number of ether oxygens (including phenoxy) is 1. The largest absolute Gasteiger partial charge is 0.480 e. The maximum Gasteiger partial charge on any atom is 0.214 e. The molecule has 0 amide bonds. The topological polar surface area (TPSA) is 26.3 Å². The molecule has 0 N–H and O–H groups in total. The van der Waals surface area contributed by atoms with Crippen molar-refractivity contribution in [3.63, 3.8) is 0 Å². The van der Waals surface area contributed by atoms with Gasteiger partial charge >= 0.3 is 0 Å². The molecule has 1 aliphatic rings. The van der Waals surface area contributed by atoms with Gasteiger partial charge in [-0.3, -0.25) is 4.79 Å². The fourth-order valence-corrected chi connectivity index (χ4v) is 3.71. The van der Waals surface area contributed by atoms with Gasteiger partial charge in [0.1, 0.15) is 5.75 Å². The zero-order valence-electron chi connectivity index (χ0n) is 9.88. The number of carbonyl (C=O) groups is 1. The van der Waals surface area contributed by atoms with E-state index in [1.54, 1.807) is 11.8 Å². The van der Waals surface area contributed by atoms with Crippen molar-refractivity contribution in [1.29, 1.82) is 0 Å². The van der Waals surface area contributed by atoms with Gasteiger partial charge in [0.25, 0.3) is 0 Å². The first-order valence-corrected chi connectivity index (χ1v) is 7.53. The van der Waals surface area contributed by atoms with E-state index < -0.39 is 0 Å². The molecule has 0 radical (unpaired) electrons. The Balaban J connectivity index is 1.82. The Morgan fingerprint density at radius 2 is 2.11 bits per heavy atom. The number of thiophene rings is 1. The molecule has 92 valence electrons. The van der Waals surface area contributed by atoms with Crippen molar-refractivity contribution in [3.05, 3.63) is 46.2 Å². The zero-order chi connectivity index (χ0) is 12.5. The van der Waals surface area contributed by atoms with Gasteiger partial charge in [0.05, 0.1) is 4.88 Å². The smallest absolute Gasteiger partial charge is 0.214 e. The summed E-state index contributed by atoms with van der Waals surface area (Å²) in [6.45, 7) is 2.01. The molecule has 0 fully saturated rings. The summed E-state index contributed by atoms with van der Waals surface area (Å²) in [5.74, 6) is 1.60. The van der Waals surface area contributed by atoms with E-state index in [9.17, 15) is 4.79 Å². The summed E-state index contributed by atoms with van der Waals surface area (Å²) >= 11 is 3.22.